The topological polar surface area (TPSA) is 218 Å². The van der Waals surface area contributed by atoms with Crippen LogP contribution in [0.4, 0.5) is 34.1 Å². The molecule has 4 amide bonds. The predicted octanol–water partition coefficient (Wildman–Crippen LogP) is 11.9. The molecule has 5 aromatic rings. The van der Waals surface area contributed by atoms with Crippen molar-refractivity contribution in [2.24, 2.45) is 20.5 Å². The first-order valence-corrected chi connectivity index (χ1v) is 22.9. The molecule has 2 atom stereocenters. The summed E-state index contributed by atoms with van der Waals surface area (Å²) in [5, 5.41) is 27.0. The number of benzene rings is 5. The standard InChI is InChI=1S/C47H43Cl5N8O8/c1-5-67-42-29(22-48)9-7-11-36(42)55-44(63)27-13-16-33(51)38(20-27)57-59-40(25(3)61)46(65)53-32-15-18-35(31(19-32)24-50)54-47(66)41(26(4)62)60-58-39-21-28(14-17-34(39)52)45(64)56-37-12-8-10-30(23-49)43(37)68-6-2/h7-21,40-41H,5-6,22-24H2,1-4H3,(H,53,65)(H,54,66)(H,55,63)(H,56,64). The Bertz CT molecular complexity index is 2790. The van der Waals surface area contributed by atoms with Crippen LogP contribution in [0.15, 0.2) is 111 Å². The van der Waals surface area contributed by atoms with E-state index in [-0.39, 0.29) is 61.6 Å². The number of halogens is 5. The maximum atomic E-state index is 13.5. The number of ether oxygens (including phenoxy) is 2. The minimum atomic E-state index is -1.65. The molecule has 0 fully saturated rings. The lowest BCUT2D eigenvalue weighted by atomic mass is 10.1. The number of Topliss-reactive ketones (excluding diaryl/α,β-unsaturated/α-hetero) is 2. The van der Waals surface area contributed by atoms with Gasteiger partial charge in [0.25, 0.3) is 23.6 Å². The summed E-state index contributed by atoms with van der Waals surface area (Å²) < 4.78 is 11.4. The number of alkyl halides is 3. The molecule has 4 N–H and O–H groups in total. The summed E-state index contributed by atoms with van der Waals surface area (Å²) in [6, 6.07) is 19.8. The van der Waals surface area contributed by atoms with Gasteiger partial charge in [0, 0.05) is 39.5 Å². The fraction of sp³-hybridized carbons (Fsp3) is 0.234. The Morgan fingerprint density at radius 1 is 0.529 bits per heavy atom. The number of rotatable bonds is 21. The minimum absolute atomic E-state index is 0.00390. The molecule has 5 rings (SSSR count). The molecular weight excluding hydrogens is 982 g/mol. The Labute approximate surface area is 416 Å². The maximum absolute atomic E-state index is 13.5. The van der Waals surface area contributed by atoms with Crippen LogP contribution in [0, 0.1) is 0 Å². The molecular formula is C47H43Cl5N8O8. The SMILES string of the molecule is CCOc1c(CCl)cccc1NC(=O)c1ccc(Cl)c(N=NC(C(C)=O)C(=O)Nc2ccc(NC(=O)C(N=Nc3cc(C(=O)Nc4cccc(CCl)c4OCC)ccc3Cl)C(C)=O)c(CCl)c2)c1. The summed E-state index contributed by atoms with van der Waals surface area (Å²) in [6.07, 6.45) is 0. The third kappa shape index (κ3) is 13.6. The summed E-state index contributed by atoms with van der Waals surface area (Å²) in [7, 11) is 0. The third-order valence-electron chi connectivity index (χ3n) is 9.57. The molecule has 16 nitrogen and oxygen atoms in total. The van der Waals surface area contributed by atoms with E-state index in [1.54, 1.807) is 50.2 Å². The molecule has 0 bridgehead atoms. The van der Waals surface area contributed by atoms with Crippen LogP contribution < -0.4 is 30.7 Å². The summed E-state index contributed by atoms with van der Waals surface area (Å²) in [4.78, 5) is 78.8. The number of azo groups is 2. The number of anilines is 4. The predicted molar refractivity (Wildman–Crippen MR) is 264 cm³/mol. The molecule has 0 aromatic heterocycles. The lowest BCUT2D eigenvalue weighted by Crippen LogP contribution is -2.32. The number of hydrogen-bond donors (Lipinski definition) is 4. The summed E-state index contributed by atoms with van der Waals surface area (Å²) >= 11 is 31.1. The van der Waals surface area contributed by atoms with E-state index in [4.69, 9.17) is 67.5 Å². The molecule has 0 spiro atoms. The van der Waals surface area contributed by atoms with Crippen molar-refractivity contribution in [3.63, 3.8) is 0 Å². The first-order valence-electron chi connectivity index (χ1n) is 20.6. The van der Waals surface area contributed by atoms with Gasteiger partial charge in [0.05, 0.1) is 46.4 Å². The molecule has 0 aliphatic rings. The largest absolute Gasteiger partial charge is 0.491 e. The first kappa shape index (κ1) is 52.5. The zero-order valence-electron chi connectivity index (χ0n) is 36.8. The highest BCUT2D eigenvalue weighted by molar-refractivity contribution is 6.33. The van der Waals surface area contributed by atoms with Gasteiger partial charge in [0.2, 0.25) is 12.1 Å². The van der Waals surface area contributed by atoms with Gasteiger partial charge in [-0.1, -0.05) is 47.5 Å². The van der Waals surface area contributed by atoms with Crippen LogP contribution in [0.3, 0.4) is 0 Å². The van der Waals surface area contributed by atoms with Crippen LogP contribution in [0.25, 0.3) is 0 Å². The van der Waals surface area contributed by atoms with Gasteiger partial charge in [-0.2, -0.15) is 20.5 Å². The van der Waals surface area contributed by atoms with E-state index in [0.717, 1.165) is 13.8 Å². The van der Waals surface area contributed by atoms with Crippen molar-refractivity contribution >= 4 is 127 Å². The molecule has 0 saturated carbocycles. The minimum Gasteiger partial charge on any atom is -0.491 e. The van der Waals surface area contributed by atoms with Crippen LogP contribution in [0.5, 0.6) is 11.5 Å². The highest BCUT2D eigenvalue weighted by Gasteiger charge is 2.27. The number of nitrogens with one attached hydrogen (secondary N) is 4. The fourth-order valence-corrected chi connectivity index (χ4v) is 7.20. The third-order valence-corrected chi connectivity index (χ3v) is 11.1. The van der Waals surface area contributed by atoms with Crippen molar-refractivity contribution in [3.8, 4) is 11.5 Å². The number of hydrogen-bond acceptors (Lipinski definition) is 12. The second-order valence-corrected chi connectivity index (χ2v) is 16.0. The van der Waals surface area contributed by atoms with Crippen molar-refractivity contribution in [3.05, 3.63) is 129 Å². The molecule has 354 valence electrons. The van der Waals surface area contributed by atoms with Gasteiger partial charge < -0.3 is 30.7 Å². The van der Waals surface area contributed by atoms with Crippen molar-refractivity contribution in [2.75, 3.05) is 34.5 Å². The van der Waals surface area contributed by atoms with Crippen molar-refractivity contribution < 1.29 is 38.2 Å². The molecule has 68 heavy (non-hydrogen) atoms. The van der Waals surface area contributed by atoms with Gasteiger partial charge >= 0.3 is 0 Å². The monoisotopic (exact) mass is 1020 g/mol. The van der Waals surface area contributed by atoms with Gasteiger partial charge in [-0.25, -0.2) is 0 Å². The number of ketones is 2. The first-order chi connectivity index (χ1) is 32.6. The Kier molecular flexibility index (Phi) is 19.4. The Morgan fingerprint density at radius 2 is 0.971 bits per heavy atom. The number of carbonyl (C=O) groups excluding carboxylic acids is 6. The van der Waals surface area contributed by atoms with E-state index in [1.807, 2.05) is 0 Å². The van der Waals surface area contributed by atoms with Crippen molar-refractivity contribution in [1.82, 2.24) is 0 Å². The van der Waals surface area contributed by atoms with Crippen LogP contribution >= 0.6 is 58.0 Å². The maximum Gasteiger partial charge on any atom is 0.258 e. The number of carbonyl (C=O) groups is 6. The molecule has 21 heteroatoms. The van der Waals surface area contributed by atoms with E-state index in [2.05, 4.69) is 41.7 Å². The number of nitrogens with zero attached hydrogens (tertiary/aromatic N) is 4. The molecule has 0 radical (unpaired) electrons. The van der Waals surface area contributed by atoms with Crippen LogP contribution in [-0.4, -0.2) is 60.5 Å². The number of amides is 4. The summed E-state index contributed by atoms with van der Waals surface area (Å²) in [6.45, 7) is 6.58. The van der Waals surface area contributed by atoms with E-state index in [9.17, 15) is 28.8 Å². The van der Waals surface area contributed by atoms with Crippen molar-refractivity contribution in [1.29, 1.82) is 0 Å². The molecule has 2 unspecified atom stereocenters. The quantitative estimate of drug-likeness (QED) is 0.0314. The van der Waals surface area contributed by atoms with Gasteiger partial charge in [-0.15, -0.1) is 34.8 Å². The van der Waals surface area contributed by atoms with E-state index in [0.29, 0.717) is 52.8 Å². The second kappa shape index (κ2) is 25.1. The van der Waals surface area contributed by atoms with Crippen molar-refractivity contribution in [2.45, 2.75) is 57.4 Å². The highest BCUT2D eigenvalue weighted by atomic mass is 35.5. The fourth-order valence-electron chi connectivity index (χ4n) is 6.25. The molecule has 0 aliphatic carbocycles. The van der Waals surface area contributed by atoms with Gasteiger partial charge in [0.1, 0.15) is 22.9 Å². The highest BCUT2D eigenvalue weighted by Crippen LogP contribution is 2.34. The van der Waals surface area contributed by atoms with Gasteiger partial charge in [-0.05, 0) is 100.0 Å². The molecule has 0 saturated heterocycles. The van der Waals surface area contributed by atoms with Crippen LogP contribution in [0.2, 0.25) is 10.0 Å². The molecule has 5 aromatic carbocycles. The lowest BCUT2D eigenvalue weighted by molar-refractivity contribution is -0.127. The Morgan fingerprint density at radius 3 is 1.38 bits per heavy atom. The van der Waals surface area contributed by atoms with Gasteiger partial charge in [0.15, 0.2) is 11.6 Å². The zero-order chi connectivity index (χ0) is 49.5. The number of para-hydroxylation sites is 2. The van der Waals surface area contributed by atoms with E-state index >= 15 is 0 Å². The second-order valence-electron chi connectivity index (χ2n) is 14.4. The summed E-state index contributed by atoms with van der Waals surface area (Å²) in [5.41, 5.74) is 3.12. The smallest absolute Gasteiger partial charge is 0.258 e. The van der Waals surface area contributed by atoms with Crippen LogP contribution in [-0.2, 0) is 36.8 Å². The van der Waals surface area contributed by atoms with E-state index in [1.165, 1.54) is 54.6 Å². The Hall–Kier alpha value is -6.43. The molecule has 0 aliphatic heterocycles. The lowest BCUT2D eigenvalue weighted by Gasteiger charge is -2.15. The van der Waals surface area contributed by atoms with Gasteiger partial charge in [-0.3, -0.25) is 28.8 Å². The molecule has 0 heterocycles. The average molecular weight is 1030 g/mol. The average Bonchev–Trinajstić information content (AvgIpc) is 3.31. The Balaban J connectivity index is 1.27. The van der Waals surface area contributed by atoms with Crippen LogP contribution in [0.1, 0.15) is 65.1 Å². The summed E-state index contributed by atoms with van der Waals surface area (Å²) in [5.74, 6) is -3.10. The normalized spacial score (nSPS) is 12.0. The van der Waals surface area contributed by atoms with E-state index < -0.39 is 47.3 Å². The zero-order valence-corrected chi connectivity index (χ0v) is 40.6.